The molecule has 1 aliphatic rings. The SMILES string of the molecule is C=CCC1(OC)C=CC=CC1=O. The van der Waals surface area contributed by atoms with Crippen LogP contribution in [0.4, 0.5) is 0 Å². The Morgan fingerprint density at radius 3 is 2.92 bits per heavy atom. The lowest BCUT2D eigenvalue weighted by Gasteiger charge is -2.26. The van der Waals surface area contributed by atoms with Crippen molar-refractivity contribution in [2.45, 2.75) is 12.0 Å². The number of carbonyl (C=O) groups excluding carboxylic acids is 1. The second-order valence-electron chi connectivity index (χ2n) is 2.67. The minimum atomic E-state index is -0.795. The number of ether oxygens (including phenoxy) is 1. The van der Waals surface area contributed by atoms with Gasteiger partial charge in [-0.1, -0.05) is 18.2 Å². The Bertz CT molecular complexity index is 251. The predicted molar refractivity (Wildman–Crippen MR) is 47.8 cm³/mol. The molecule has 1 aliphatic carbocycles. The maximum absolute atomic E-state index is 11.4. The molecular formula is C10H12O2. The minimum Gasteiger partial charge on any atom is -0.366 e. The minimum absolute atomic E-state index is 0.0209. The van der Waals surface area contributed by atoms with Crippen LogP contribution in [0.3, 0.4) is 0 Å². The second-order valence-corrected chi connectivity index (χ2v) is 2.67. The third kappa shape index (κ3) is 1.38. The fourth-order valence-corrected chi connectivity index (χ4v) is 1.21. The van der Waals surface area contributed by atoms with Crippen LogP contribution in [-0.2, 0) is 9.53 Å². The Morgan fingerprint density at radius 2 is 2.42 bits per heavy atom. The normalized spacial score (nSPS) is 27.6. The number of methoxy groups -OCH3 is 1. The van der Waals surface area contributed by atoms with E-state index in [1.165, 1.54) is 13.2 Å². The van der Waals surface area contributed by atoms with E-state index in [0.29, 0.717) is 6.42 Å². The maximum atomic E-state index is 11.4. The van der Waals surface area contributed by atoms with Crippen LogP contribution >= 0.6 is 0 Å². The molecule has 1 atom stereocenters. The molecule has 0 saturated heterocycles. The van der Waals surface area contributed by atoms with Crippen molar-refractivity contribution < 1.29 is 9.53 Å². The summed E-state index contributed by atoms with van der Waals surface area (Å²) in [7, 11) is 1.53. The van der Waals surface area contributed by atoms with E-state index in [9.17, 15) is 4.79 Å². The van der Waals surface area contributed by atoms with Gasteiger partial charge in [0.05, 0.1) is 0 Å². The van der Waals surface area contributed by atoms with E-state index >= 15 is 0 Å². The summed E-state index contributed by atoms with van der Waals surface area (Å²) in [5, 5.41) is 0. The van der Waals surface area contributed by atoms with E-state index in [-0.39, 0.29) is 5.78 Å². The van der Waals surface area contributed by atoms with Gasteiger partial charge in [0, 0.05) is 13.5 Å². The lowest BCUT2D eigenvalue weighted by Crippen LogP contribution is -2.38. The number of hydrogen-bond donors (Lipinski definition) is 0. The van der Waals surface area contributed by atoms with Crippen molar-refractivity contribution in [1.29, 1.82) is 0 Å². The zero-order chi connectivity index (χ0) is 9.03. The molecule has 64 valence electrons. The van der Waals surface area contributed by atoms with Gasteiger partial charge in [-0.25, -0.2) is 0 Å². The first kappa shape index (κ1) is 8.94. The first-order valence-electron chi connectivity index (χ1n) is 3.81. The van der Waals surface area contributed by atoms with Crippen LogP contribution in [0.2, 0.25) is 0 Å². The van der Waals surface area contributed by atoms with Crippen LogP contribution in [0.25, 0.3) is 0 Å². The average Bonchev–Trinajstić information content (AvgIpc) is 2.10. The van der Waals surface area contributed by atoms with Crippen LogP contribution in [0, 0.1) is 0 Å². The van der Waals surface area contributed by atoms with E-state index in [0.717, 1.165) is 0 Å². The Hall–Kier alpha value is -1.15. The number of rotatable bonds is 3. The smallest absolute Gasteiger partial charge is 0.191 e. The zero-order valence-corrected chi connectivity index (χ0v) is 7.12. The van der Waals surface area contributed by atoms with Gasteiger partial charge in [0.25, 0.3) is 0 Å². The summed E-state index contributed by atoms with van der Waals surface area (Å²) in [6.07, 6.45) is 9.01. The molecule has 0 heterocycles. The zero-order valence-electron chi connectivity index (χ0n) is 7.12. The van der Waals surface area contributed by atoms with Crippen LogP contribution in [0.5, 0.6) is 0 Å². The van der Waals surface area contributed by atoms with Crippen molar-refractivity contribution in [2.24, 2.45) is 0 Å². The van der Waals surface area contributed by atoms with Crippen molar-refractivity contribution >= 4 is 5.78 Å². The summed E-state index contributed by atoms with van der Waals surface area (Å²) >= 11 is 0. The molecular weight excluding hydrogens is 152 g/mol. The lowest BCUT2D eigenvalue weighted by atomic mass is 9.90. The monoisotopic (exact) mass is 164 g/mol. The molecule has 0 aromatic rings. The van der Waals surface area contributed by atoms with Crippen molar-refractivity contribution in [1.82, 2.24) is 0 Å². The van der Waals surface area contributed by atoms with Gasteiger partial charge in [0.1, 0.15) is 0 Å². The van der Waals surface area contributed by atoms with Crippen LogP contribution < -0.4 is 0 Å². The van der Waals surface area contributed by atoms with Crippen molar-refractivity contribution in [3.8, 4) is 0 Å². The second kappa shape index (κ2) is 3.50. The van der Waals surface area contributed by atoms with E-state index in [1.54, 1.807) is 18.2 Å². The summed E-state index contributed by atoms with van der Waals surface area (Å²) in [5.41, 5.74) is -0.795. The standard InChI is InChI=1S/C10H12O2/c1-3-7-10(12-2)8-5-4-6-9(10)11/h3-6,8H,1,7H2,2H3. The molecule has 0 bridgehead atoms. The van der Waals surface area contributed by atoms with Gasteiger partial charge in [0.2, 0.25) is 0 Å². The highest BCUT2D eigenvalue weighted by atomic mass is 16.5. The Balaban J connectivity index is 2.91. The lowest BCUT2D eigenvalue weighted by molar-refractivity contribution is -0.130. The van der Waals surface area contributed by atoms with Gasteiger partial charge >= 0.3 is 0 Å². The maximum Gasteiger partial charge on any atom is 0.191 e. The molecule has 1 rings (SSSR count). The molecule has 0 aliphatic heterocycles. The fourth-order valence-electron chi connectivity index (χ4n) is 1.21. The van der Waals surface area contributed by atoms with E-state index < -0.39 is 5.60 Å². The summed E-state index contributed by atoms with van der Waals surface area (Å²) in [6, 6.07) is 0. The Kier molecular flexibility index (Phi) is 2.61. The molecule has 0 saturated carbocycles. The number of ketones is 1. The molecule has 0 aromatic heterocycles. The molecule has 0 N–H and O–H groups in total. The highest BCUT2D eigenvalue weighted by Gasteiger charge is 2.33. The molecule has 0 radical (unpaired) electrons. The predicted octanol–water partition coefficient (Wildman–Crippen LogP) is 1.64. The van der Waals surface area contributed by atoms with Crippen molar-refractivity contribution in [3.63, 3.8) is 0 Å². The Morgan fingerprint density at radius 1 is 1.67 bits per heavy atom. The third-order valence-corrected chi connectivity index (χ3v) is 1.95. The number of allylic oxidation sites excluding steroid dienone is 2. The molecule has 0 spiro atoms. The van der Waals surface area contributed by atoms with Gasteiger partial charge in [-0.05, 0) is 12.2 Å². The van der Waals surface area contributed by atoms with Gasteiger partial charge in [-0.3, -0.25) is 4.79 Å². The average molecular weight is 164 g/mol. The molecule has 2 heteroatoms. The van der Waals surface area contributed by atoms with Crippen LogP contribution in [0.1, 0.15) is 6.42 Å². The molecule has 0 fully saturated rings. The largest absolute Gasteiger partial charge is 0.366 e. The molecule has 2 nitrogen and oxygen atoms in total. The van der Waals surface area contributed by atoms with Gasteiger partial charge in [-0.2, -0.15) is 0 Å². The van der Waals surface area contributed by atoms with Gasteiger partial charge in [-0.15, -0.1) is 6.58 Å². The fraction of sp³-hybridized carbons (Fsp3) is 0.300. The topological polar surface area (TPSA) is 26.3 Å². The first-order valence-corrected chi connectivity index (χ1v) is 3.81. The third-order valence-electron chi connectivity index (χ3n) is 1.95. The quantitative estimate of drug-likeness (QED) is 0.593. The molecule has 12 heavy (non-hydrogen) atoms. The summed E-state index contributed by atoms with van der Waals surface area (Å²) in [6.45, 7) is 3.59. The van der Waals surface area contributed by atoms with E-state index in [1.807, 2.05) is 6.08 Å². The first-order chi connectivity index (χ1) is 5.75. The molecule has 0 aromatic carbocycles. The highest BCUT2D eigenvalue weighted by molar-refractivity contribution is 6.00. The van der Waals surface area contributed by atoms with Crippen LogP contribution in [0.15, 0.2) is 37.0 Å². The highest BCUT2D eigenvalue weighted by Crippen LogP contribution is 2.22. The summed E-state index contributed by atoms with van der Waals surface area (Å²) < 4.78 is 5.17. The Labute approximate surface area is 72.2 Å². The van der Waals surface area contributed by atoms with Crippen molar-refractivity contribution in [3.05, 3.63) is 37.0 Å². The number of carbonyl (C=O) groups is 1. The van der Waals surface area contributed by atoms with Crippen LogP contribution in [-0.4, -0.2) is 18.5 Å². The van der Waals surface area contributed by atoms with Crippen molar-refractivity contribution in [2.75, 3.05) is 7.11 Å². The molecule has 1 unspecified atom stereocenters. The van der Waals surface area contributed by atoms with E-state index in [2.05, 4.69) is 6.58 Å². The van der Waals surface area contributed by atoms with Gasteiger partial charge in [0.15, 0.2) is 11.4 Å². The summed E-state index contributed by atoms with van der Waals surface area (Å²) in [4.78, 5) is 11.4. The molecule has 0 amide bonds. The summed E-state index contributed by atoms with van der Waals surface area (Å²) in [5.74, 6) is -0.0209. The van der Waals surface area contributed by atoms with Gasteiger partial charge < -0.3 is 4.74 Å². The van der Waals surface area contributed by atoms with E-state index in [4.69, 9.17) is 4.74 Å². The number of hydrogen-bond acceptors (Lipinski definition) is 2.